The summed E-state index contributed by atoms with van der Waals surface area (Å²) in [6.45, 7) is 0. The molecule has 0 unspecified atom stereocenters. The third kappa shape index (κ3) is 3.53. The summed E-state index contributed by atoms with van der Waals surface area (Å²) >= 11 is 0.561. The average molecular weight is 361 g/mol. The number of carbonyl (C=O) groups is 1. The van der Waals surface area contributed by atoms with Gasteiger partial charge in [0.15, 0.2) is 0 Å². The molecule has 22 heavy (non-hydrogen) atoms. The zero-order valence-electron chi connectivity index (χ0n) is 11.0. The lowest BCUT2D eigenvalue weighted by molar-refractivity contribution is -0.136. The Labute approximate surface area is 131 Å². The summed E-state index contributed by atoms with van der Waals surface area (Å²) in [4.78, 5) is 10.5. The van der Waals surface area contributed by atoms with Crippen LogP contribution in [0.4, 0.5) is 0 Å². The van der Waals surface area contributed by atoms with Crippen molar-refractivity contribution in [3.63, 3.8) is 0 Å². The highest BCUT2D eigenvalue weighted by Crippen LogP contribution is 2.29. The molecule has 0 spiro atoms. The van der Waals surface area contributed by atoms with Gasteiger partial charge in [0.05, 0.1) is 11.3 Å². The maximum Gasteiger partial charge on any atom is 0.307 e. The number of sulfonamides is 1. The van der Waals surface area contributed by atoms with Gasteiger partial charge < -0.3 is 5.11 Å². The molecule has 1 heterocycles. The molecule has 0 bridgehead atoms. The molecule has 0 fully saturated rings. The van der Waals surface area contributed by atoms with Crippen LogP contribution in [-0.4, -0.2) is 27.9 Å². The van der Waals surface area contributed by atoms with E-state index in [9.17, 15) is 21.6 Å². The molecule has 0 aliphatic carbocycles. The molecular weight excluding hydrogens is 350 g/mol. The zero-order valence-corrected chi connectivity index (χ0v) is 13.4. The van der Waals surface area contributed by atoms with Crippen LogP contribution in [0.5, 0.6) is 0 Å². The quantitative estimate of drug-likeness (QED) is 0.811. The van der Waals surface area contributed by atoms with Gasteiger partial charge in [-0.3, -0.25) is 4.79 Å². The highest BCUT2D eigenvalue weighted by atomic mass is 32.3. The van der Waals surface area contributed by atoms with Crippen molar-refractivity contribution in [1.82, 2.24) is 0 Å². The van der Waals surface area contributed by atoms with Crippen molar-refractivity contribution in [1.29, 1.82) is 0 Å². The lowest BCUT2D eigenvalue weighted by Gasteiger charge is -2.03. The molecule has 118 valence electrons. The third-order valence-electron chi connectivity index (χ3n) is 2.69. The number of aliphatic carboxylic acids is 1. The van der Waals surface area contributed by atoms with Gasteiger partial charge in [-0.1, -0.05) is 12.1 Å². The number of benzene rings is 1. The van der Waals surface area contributed by atoms with Crippen LogP contribution in [0.15, 0.2) is 49.7 Å². The maximum atomic E-state index is 12.4. The molecule has 1 aromatic carbocycles. The molecule has 0 radical (unpaired) electrons. The minimum atomic E-state index is -3.96. The van der Waals surface area contributed by atoms with Crippen LogP contribution < -0.4 is 5.14 Å². The molecule has 0 aliphatic rings. The molecule has 0 aliphatic heterocycles. The van der Waals surface area contributed by atoms with E-state index in [1.54, 1.807) is 0 Å². The zero-order chi connectivity index (χ0) is 16.5. The van der Waals surface area contributed by atoms with Crippen LogP contribution in [-0.2, 0) is 31.1 Å². The van der Waals surface area contributed by atoms with Gasteiger partial charge in [-0.05, 0) is 29.8 Å². The van der Waals surface area contributed by atoms with Crippen molar-refractivity contribution in [2.24, 2.45) is 5.14 Å². The fourth-order valence-electron chi connectivity index (χ4n) is 1.68. The minimum Gasteiger partial charge on any atom is -0.481 e. The van der Waals surface area contributed by atoms with E-state index in [0.29, 0.717) is 16.9 Å². The smallest absolute Gasteiger partial charge is 0.307 e. The van der Waals surface area contributed by atoms with Gasteiger partial charge in [-0.25, -0.2) is 22.0 Å². The highest BCUT2D eigenvalue weighted by molar-refractivity contribution is 7.95. The number of hydrogen-bond donors (Lipinski definition) is 2. The summed E-state index contributed by atoms with van der Waals surface area (Å²) in [5, 5.41) is 13.6. The third-order valence-corrected chi connectivity index (χ3v) is 7.48. The number of nitrogens with two attached hydrogens (primary N) is 1. The van der Waals surface area contributed by atoms with Gasteiger partial charge in [0.2, 0.25) is 19.9 Å². The predicted molar refractivity (Wildman–Crippen MR) is 78.9 cm³/mol. The molecule has 10 heteroatoms. The Morgan fingerprint density at radius 2 is 1.55 bits per heavy atom. The number of carboxylic acid groups (broad SMARTS) is 1. The monoisotopic (exact) mass is 361 g/mol. The van der Waals surface area contributed by atoms with Crippen molar-refractivity contribution >= 4 is 37.2 Å². The SMILES string of the molecule is NS(=O)(=O)c1ccc(S(=O)(=O)c2ccc(CC(=O)O)cc2)s1. The second-order valence-corrected chi connectivity index (χ2v) is 9.38. The molecule has 2 aromatic rings. The van der Waals surface area contributed by atoms with E-state index < -0.39 is 25.8 Å². The number of hydrogen-bond acceptors (Lipinski definition) is 6. The summed E-state index contributed by atoms with van der Waals surface area (Å²) in [7, 11) is -7.83. The van der Waals surface area contributed by atoms with Crippen molar-refractivity contribution in [3.8, 4) is 0 Å². The van der Waals surface area contributed by atoms with Crippen molar-refractivity contribution in [3.05, 3.63) is 42.0 Å². The van der Waals surface area contributed by atoms with Gasteiger partial charge in [-0.15, -0.1) is 11.3 Å². The second kappa shape index (κ2) is 5.80. The number of carboxylic acids is 1. The van der Waals surface area contributed by atoms with Gasteiger partial charge in [0.1, 0.15) is 8.42 Å². The molecule has 1 aromatic heterocycles. The molecule has 0 amide bonds. The Bertz CT molecular complexity index is 910. The first kappa shape index (κ1) is 16.6. The lowest BCUT2D eigenvalue weighted by Crippen LogP contribution is -2.09. The van der Waals surface area contributed by atoms with Crippen LogP contribution >= 0.6 is 11.3 Å². The van der Waals surface area contributed by atoms with E-state index in [1.807, 2.05) is 0 Å². The summed E-state index contributed by atoms with van der Waals surface area (Å²) in [6.07, 6.45) is -0.213. The molecule has 0 saturated heterocycles. The van der Waals surface area contributed by atoms with E-state index in [2.05, 4.69) is 0 Å². The van der Waals surface area contributed by atoms with Gasteiger partial charge >= 0.3 is 5.97 Å². The van der Waals surface area contributed by atoms with Crippen molar-refractivity contribution < 1.29 is 26.7 Å². The van der Waals surface area contributed by atoms with Crippen LogP contribution in [0.25, 0.3) is 0 Å². The van der Waals surface area contributed by atoms with Gasteiger partial charge in [0.25, 0.3) is 0 Å². The second-order valence-electron chi connectivity index (χ2n) is 4.34. The Morgan fingerprint density at radius 1 is 1.00 bits per heavy atom. The fourth-order valence-corrected chi connectivity index (χ4v) is 5.27. The molecule has 3 N–H and O–H groups in total. The van der Waals surface area contributed by atoms with Gasteiger partial charge in [0, 0.05) is 0 Å². The van der Waals surface area contributed by atoms with E-state index in [0.717, 1.165) is 6.07 Å². The Balaban J connectivity index is 2.38. The summed E-state index contributed by atoms with van der Waals surface area (Å²) < 4.78 is 46.7. The summed E-state index contributed by atoms with van der Waals surface area (Å²) in [5.74, 6) is -1.02. The average Bonchev–Trinajstić information content (AvgIpc) is 2.88. The van der Waals surface area contributed by atoms with E-state index in [4.69, 9.17) is 10.2 Å². The highest BCUT2D eigenvalue weighted by Gasteiger charge is 2.22. The fraction of sp³-hybridized carbons (Fsp3) is 0.0833. The summed E-state index contributed by atoms with van der Waals surface area (Å²) in [5.41, 5.74) is 0.461. The van der Waals surface area contributed by atoms with Crippen LogP contribution in [0.3, 0.4) is 0 Å². The molecule has 2 rings (SSSR count). The van der Waals surface area contributed by atoms with Crippen molar-refractivity contribution in [2.75, 3.05) is 0 Å². The van der Waals surface area contributed by atoms with Crippen LogP contribution in [0, 0.1) is 0 Å². The Hall–Kier alpha value is -1.75. The first-order valence-electron chi connectivity index (χ1n) is 5.79. The number of thiophene rings is 1. The lowest BCUT2D eigenvalue weighted by atomic mass is 10.2. The molecule has 0 atom stereocenters. The summed E-state index contributed by atoms with van der Waals surface area (Å²) in [6, 6.07) is 7.66. The Morgan fingerprint density at radius 3 is 2.00 bits per heavy atom. The van der Waals surface area contributed by atoms with Crippen LogP contribution in [0.2, 0.25) is 0 Å². The van der Waals surface area contributed by atoms with E-state index >= 15 is 0 Å². The number of rotatable bonds is 5. The van der Waals surface area contributed by atoms with E-state index in [1.165, 1.54) is 30.3 Å². The molecule has 0 saturated carbocycles. The Kier molecular flexibility index (Phi) is 4.38. The van der Waals surface area contributed by atoms with Gasteiger partial charge in [-0.2, -0.15) is 0 Å². The standard InChI is InChI=1S/C12H11NO6S3/c13-22(18,19)12-6-5-11(20-12)21(16,17)9-3-1-8(2-4-9)7-10(14)15/h1-6H,7H2,(H,14,15)(H2,13,18,19). The minimum absolute atomic E-state index is 0.0514. The first-order valence-corrected chi connectivity index (χ1v) is 9.64. The predicted octanol–water partition coefficient (Wildman–Crippen LogP) is 0.855. The van der Waals surface area contributed by atoms with Crippen LogP contribution in [0.1, 0.15) is 5.56 Å². The first-order chi connectivity index (χ1) is 10.1. The topological polar surface area (TPSA) is 132 Å². The number of primary sulfonamides is 1. The normalized spacial score (nSPS) is 12.2. The maximum absolute atomic E-state index is 12.4. The van der Waals surface area contributed by atoms with E-state index in [-0.39, 0.29) is 19.7 Å². The molecule has 7 nitrogen and oxygen atoms in total. The number of sulfone groups is 1. The van der Waals surface area contributed by atoms with Crippen molar-refractivity contribution in [2.45, 2.75) is 19.7 Å². The largest absolute Gasteiger partial charge is 0.481 e. The molecular formula is C12H11NO6S3.